The minimum absolute atomic E-state index is 0.876. The molecular formula is C7H8N4S. The summed E-state index contributed by atoms with van der Waals surface area (Å²) in [5.41, 5.74) is 0.876. The third kappa shape index (κ3) is 1.16. The molecule has 2 aromatic rings. The predicted molar refractivity (Wildman–Crippen MR) is 48.1 cm³/mol. The van der Waals surface area contributed by atoms with Crippen LogP contribution in [0.5, 0.6) is 0 Å². The van der Waals surface area contributed by atoms with Gasteiger partial charge < -0.3 is 0 Å². The number of rotatable bonds is 2. The molecule has 0 saturated heterocycles. The first-order valence-corrected chi connectivity index (χ1v) is 4.68. The van der Waals surface area contributed by atoms with Crippen molar-refractivity contribution in [2.24, 2.45) is 0 Å². The van der Waals surface area contributed by atoms with Crippen molar-refractivity contribution in [3.63, 3.8) is 0 Å². The Morgan fingerprint density at radius 1 is 1.58 bits per heavy atom. The van der Waals surface area contributed by atoms with Crippen molar-refractivity contribution >= 4 is 22.7 Å². The summed E-state index contributed by atoms with van der Waals surface area (Å²) in [5, 5.41) is 16.7. The maximum atomic E-state index is 4.02. The third-order valence-corrected chi connectivity index (χ3v) is 2.37. The van der Waals surface area contributed by atoms with Gasteiger partial charge in [-0.15, -0.1) is 16.9 Å². The van der Waals surface area contributed by atoms with Gasteiger partial charge in [-0.25, -0.2) is 0 Å². The van der Waals surface area contributed by atoms with Gasteiger partial charge in [0.2, 0.25) is 0 Å². The van der Waals surface area contributed by atoms with Crippen molar-refractivity contribution in [3.8, 4) is 0 Å². The molecule has 4 nitrogen and oxygen atoms in total. The zero-order valence-corrected chi connectivity index (χ0v) is 7.43. The van der Waals surface area contributed by atoms with Gasteiger partial charge in [0.1, 0.15) is 10.5 Å². The summed E-state index contributed by atoms with van der Waals surface area (Å²) in [6.07, 6.45) is 3.51. The van der Waals surface area contributed by atoms with E-state index in [1.807, 2.05) is 6.20 Å². The van der Waals surface area contributed by atoms with E-state index < -0.39 is 0 Å². The quantitative estimate of drug-likeness (QED) is 0.711. The van der Waals surface area contributed by atoms with Gasteiger partial charge in [-0.3, -0.25) is 5.10 Å². The molecule has 5 heteroatoms. The van der Waals surface area contributed by atoms with Gasteiger partial charge >= 0.3 is 0 Å². The highest BCUT2D eigenvalue weighted by Gasteiger charge is 2.03. The minimum atomic E-state index is 0.876. The fraction of sp³-hybridized carbons (Fsp3) is 0.286. The van der Waals surface area contributed by atoms with Crippen molar-refractivity contribution in [2.45, 2.75) is 11.9 Å². The topological polar surface area (TPSA) is 54.5 Å². The molecule has 0 spiro atoms. The van der Waals surface area contributed by atoms with Crippen LogP contribution < -0.4 is 0 Å². The lowest BCUT2D eigenvalue weighted by Gasteiger charge is -1.95. The molecule has 0 radical (unpaired) electrons. The van der Waals surface area contributed by atoms with Gasteiger partial charge in [0.05, 0.1) is 11.6 Å². The van der Waals surface area contributed by atoms with Crippen molar-refractivity contribution < 1.29 is 0 Å². The van der Waals surface area contributed by atoms with E-state index >= 15 is 0 Å². The van der Waals surface area contributed by atoms with Gasteiger partial charge in [0.25, 0.3) is 0 Å². The fourth-order valence-electron chi connectivity index (χ4n) is 1.00. The highest BCUT2D eigenvalue weighted by atomic mass is 32.2. The smallest absolute Gasteiger partial charge is 0.130 e. The third-order valence-electron chi connectivity index (χ3n) is 1.51. The fourth-order valence-corrected chi connectivity index (χ4v) is 1.70. The van der Waals surface area contributed by atoms with Crippen LogP contribution in [-0.4, -0.2) is 26.1 Å². The molecular weight excluding hydrogens is 172 g/mol. The summed E-state index contributed by atoms with van der Waals surface area (Å²) >= 11 is 1.68. The maximum Gasteiger partial charge on any atom is 0.130 e. The molecule has 2 rings (SSSR count). The number of aromatic nitrogens is 4. The summed E-state index contributed by atoms with van der Waals surface area (Å²) in [6, 6.07) is 0. The highest BCUT2D eigenvalue weighted by Crippen LogP contribution is 2.22. The van der Waals surface area contributed by atoms with E-state index in [4.69, 9.17) is 0 Å². The van der Waals surface area contributed by atoms with Crippen LogP contribution in [0.2, 0.25) is 0 Å². The van der Waals surface area contributed by atoms with E-state index in [1.165, 1.54) is 0 Å². The monoisotopic (exact) mass is 180 g/mol. The summed E-state index contributed by atoms with van der Waals surface area (Å²) in [5.74, 6) is 0.999. The molecule has 0 aliphatic carbocycles. The normalized spacial score (nSPS) is 10.8. The predicted octanol–water partition coefficient (Wildman–Crippen LogP) is 1.46. The number of H-pyrrole nitrogens is 1. The molecule has 2 aromatic heterocycles. The summed E-state index contributed by atoms with van der Waals surface area (Å²) in [7, 11) is 0. The first-order valence-electron chi connectivity index (χ1n) is 3.69. The number of hydrogen-bond donors (Lipinski definition) is 1. The van der Waals surface area contributed by atoms with Crippen LogP contribution in [0.4, 0.5) is 0 Å². The van der Waals surface area contributed by atoms with Crippen LogP contribution >= 0.6 is 11.8 Å². The molecule has 1 N–H and O–H groups in total. The first-order chi connectivity index (χ1) is 5.92. The lowest BCUT2D eigenvalue weighted by molar-refractivity contribution is 0.954. The van der Waals surface area contributed by atoms with Gasteiger partial charge in [-0.05, 0) is 5.75 Å². The molecule has 0 amide bonds. The standard InChI is InChI=1S/C7H8N4S/c1-2-12-7-5-3-8-10-6(5)4-9-11-7/h3-4H,2H2,1H3,(H,8,10). The van der Waals surface area contributed by atoms with Crippen molar-refractivity contribution in [1.29, 1.82) is 0 Å². The average molecular weight is 180 g/mol. The zero-order chi connectivity index (χ0) is 8.39. The van der Waals surface area contributed by atoms with E-state index in [1.54, 1.807) is 18.0 Å². The Hall–Kier alpha value is -1.10. The van der Waals surface area contributed by atoms with Crippen LogP contribution in [0.25, 0.3) is 10.9 Å². The molecule has 0 saturated carbocycles. The molecule has 0 aliphatic heterocycles. The minimum Gasteiger partial charge on any atom is -0.284 e. The molecule has 62 valence electrons. The van der Waals surface area contributed by atoms with Crippen molar-refractivity contribution in [1.82, 2.24) is 20.4 Å². The van der Waals surface area contributed by atoms with E-state index in [0.717, 1.165) is 21.7 Å². The summed E-state index contributed by atoms with van der Waals surface area (Å²) < 4.78 is 0. The number of nitrogens with zero attached hydrogens (tertiary/aromatic N) is 3. The largest absolute Gasteiger partial charge is 0.284 e. The molecule has 0 unspecified atom stereocenters. The zero-order valence-electron chi connectivity index (χ0n) is 6.61. The Morgan fingerprint density at radius 3 is 3.33 bits per heavy atom. The lowest BCUT2D eigenvalue weighted by Crippen LogP contribution is -1.85. The molecule has 0 aliphatic rings. The van der Waals surface area contributed by atoms with E-state index in [0.29, 0.717) is 0 Å². The molecule has 0 bridgehead atoms. The Morgan fingerprint density at radius 2 is 2.50 bits per heavy atom. The Labute approximate surface area is 73.8 Å². The second-order valence-electron chi connectivity index (χ2n) is 2.27. The van der Waals surface area contributed by atoms with E-state index in [2.05, 4.69) is 27.3 Å². The summed E-state index contributed by atoms with van der Waals surface area (Å²) in [6.45, 7) is 2.09. The molecule has 0 aromatic carbocycles. The Kier molecular flexibility index (Phi) is 1.95. The van der Waals surface area contributed by atoms with Gasteiger partial charge in [0, 0.05) is 6.20 Å². The van der Waals surface area contributed by atoms with Crippen LogP contribution in [-0.2, 0) is 0 Å². The average Bonchev–Trinajstić information content (AvgIpc) is 2.53. The van der Waals surface area contributed by atoms with E-state index in [-0.39, 0.29) is 0 Å². The van der Waals surface area contributed by atoms with Crippen molar-refractivity contribution in [2.75, 3.05) is 5.75 Å². The van der Waals surface area contributed by atoms with Crippen LogP contribution in [0.1, 0.15) is 6.92 Å². The van der Waals surface area contributed by atoms with E-state index in [9.17, 15) is 0 Å². The molecule has 12 heavy (non-hydrogen) atoms. The second-order valence-corrected chi connectivity index (χ2v) is 3.52. The number of fused-ring (bicyclic) bond motifs is 1. The molecule has 0 atom stereocenters. The molecule has 2 heterocycles. The maximum absolute atomic E-state index is 4.02. The number of nitrogens with one attached hydrogen (secondary N) is 1. The Balaban J connectivity index is 2.57. The lowest BCUT2D eigenvalue weighted by atomic mass is 10.4. The first kappa shape index (κ1) is 7.54. The number of thioether (sulfide) groups is 1. The number of aromatic amines is 1. The second kappa shape index (κ2) is 3.10. The molecule has 0 fully saturated rings. The van der Waals surface area contributed by atoms with Gasteiger partial charge in [0.15, 0.2) is 0 Å². The van der Waals surface area contributed by atoms with Crippen LogP contribution in [0, 0.1) is 0 Å². The number of hydrogen-bond acceptors (Lipinski definition) is 4. The highest BCUT2D eigenvalue weighted by molar-refractivity contribution is 7.99. The SMILES string of the molecule is CCSc1nncc2n[nH]cc12. The van der Waals surface area contributed by atoms with Crippen molar-refractivity contribution in [3.05, 3.63) is 12.4 Å². The van der Waals surface area contributed by atoms with Gasteiger partial charge in [-0.2, -0.15) is 10.2 Å². The van der Waals surface area contributed by atoms with Crippen LogP contribution in [0.15, 0.2) is 17.4 Å². The summed E-state index contributed by atoms with van der Waals surface area (Å²) in [4.78, 5) is 0. The van der Waals surface area contributed by atoms with Crippen LogP contribution in [0.3, 0.4) is 0 Å². The Bertz CT molecular complexity index is 384. The van der Waals surface area contributed by atoms with Gasteiger partial charge in [-0.1, -0.05) is 6.92 Å².